The van der Waals surface area contributed by atoms with E-state index in [0.29, 0.717) is 8.55 Å². The minimum atomic E-state index is -0.0123. The molecule has 0 bridgehead atoms. The molecule has 0 aliphatic heterocycles. The van der Waals surface area contributed by atoms with Crippen molar-refractivity contribution in [3.05, 3.63) is 0 Å². The summed E-state index contributed by atoms with van der Waals surface area (Å²) in [4.78, 5) is 0. The minimum Gasteiger partial charge on any atom is -0.0657 e. The molecule has 0 unspecified atom stereocenters. The number of rotatable bonds is 5. The van der Waals surface area contributed by atoms with E-state index in [0.717, 1.165) is 0 Å². The van der Waals surface area contributed by atoms with Gasteiger partial charge in [-0.25, -0.2) is 0 Å². The van der Waals surface area contributed by atoms with Gasteiger partial charge in [-0.15, -0.1) is 0 Å². The van der Waals surface area contributed by atoms with Gasteiger partial charge in [0.05, 0.1) is 0 Å². The van der Waals surface area contributed by atoms with Gasteiger partial charge in [-0.2, -0.15) is 0 Å². The Morgan fingerprint density at radius 2 is 1.67 bits per heavy atom. The summed E-state index contributed by atoms with van der Waals surface area (Å²) in [7, 11) is 2.17. The Balaban J connectivity index is 3.18. The Kier molecular flexibility index (Phi) is 7.26. The Bertz CT molecular complexity index is 50.3. The molecule has 0 rings (SSSR count). The first-order chi connectivity index (χ1) is 4.35. The van der Waals surface area contributed by atoms with Crippen molar-refractivity contribution >= 4 is 26.6 Å². The van der Waals surface area contributed by atoms with E-state index in [-0.39, 0.29) is 8.31 Å². The van der Waals surface area contributed by atoms with E-state index in [1.165, 1.54) is 12.8 Å². The van der Waals surface area contributed by atoms with Gasteiger partial charge in [0.1, 0.15) is 0 Å². The van der Waals surface area contributed by atoms with Crippen LogP contribution in [-0.2, 0) is 0 Å². The van der Waals surface area contributed by atoms with Gasteiger partial charge < -0.3 is 0 Å². The van der Waals surface area contributed by atoms with Gasteiger partial charge >= 0.3 is 0 Å². The zero-order chi connectivity index (χ0) is 7.11. The molecule has 0 nitrogen and oxygen atoms in total. The van der Waals surface area contributed by atoms with Crippen LogP contribution in [0.3, 0.4) is 0 Å². The normalized spacial score (nSPS) is 12.3. The van der Waals surface area contributed by atoms with Crippen LogP contribution in [0.2, 0.25) is 12.1 Å². The van der Waals surface area contributed by atoms with Crippen LogP contribution in [0, 0.1) is 0 Å². The molecule has 9 heavy (non-hydrogen) atoms. The smallest absolute Gasteiger partial charge is 0.0206 e. The lowest BCUT2D eigenvalue weighted by molar-refractivity contribution is 1.02. The molecule has 0 saturated heterocycles. The van der Waals surface area contributed by atoms with Gasteiger partial charge in [-0.1, -0.05) is 38.8 Å². The molecule has 0 atom stereocenters. The molecule has 0 aromatic rings. The summed E-state index contributed by atoms with van der Waals surface area (Å²) < 4.78 is 0. The maximum atomic E-state index is 2.35. The quantitative estimate of drug-likeness (QED) is 0.517. The highest BCUT2D eigenvalue weighted by molar-refractivity contribution is 7.31. The SMILES string of the molecule is CCC[SiH](CCC)[SiH2][SiH3]. The largest absolute Gasteiger partial charge is 0.0657 e. The first-order valence-electron chi connectivity index (χ1n) is 4.35. The monoisotopic (exact) mass is 176 g/mol. The average molecular weight is 176 g/mol. The summed E-state index contributed by atoms with van der Waals surface area (Å²) in [6, 6.07) is 3.34. The standard InChI is InChI=1S/C6H20Si3/c1-3-5-9(8-7)6-4-2/h9H,3-6,8H2,1-2,7H3. The minimum absolute atomic E-state index is 0.0123. The van der Waals surface area contributed by atoms with Crippen LogP contribution in [0.25, 0.3) is 0 Å². The van der Waals surface area contributed by atoms with E-state index in [4.69, 9.17) is 0 Å². The average Bonchev–Trinajstić information content (AvgIpc) is 1.88. The van der Waals surface area contributed by atoms with E-state index in [1.54, 1.807) is 21.8 Å². The molecule has 56 valence electrons. The second kappa shape index (κ2) is 6.77. The third-order valence-corrected chi connectivity index (χ3v) is 22.2. The number of hydrogen-bond acceptors (Lipinski definition) is 0. The number of hydrogen-bond donors (Lipinski definition) is 0. The summed E-state index contributed by atoms with van der Waals surface area (Å²) in [6.45, 7) is 4.70. The van der Waals surface area contributed by atoms with Crippen LogP contribution < -0.4 is 0 Å². The highest BCUT2D eigenvalue weighted by Crippen LogP contribution is 2.02. The van der Waals surface area contributed by atoms with Crippen molar-refractivity contribution in [1.29, 1.82) is 0 Å². The molecular formula is C6H20Si3. The first-order valence-corrected chi connectivity index (χ1v) is 14.9. The van der Waals surface area contributed by atoms with Gasteiger partial charge in [0.2, 0.25) is 0 Å². The lowest BCUT2D eigenvalue weighted by atomic mass is 10.6. The van der Waals surface area contributed by atoms with Crippen LogP contribution in [0.4, 0.5) is 0 Å². The molecule has 0 aliphatic carbocycles. The summed E-state index contributed by atoms with van der Waals surface area (Å²) in [6.07, 6.45) is 2.96. The second-order valence-corrected chi connectivity index (χ2v) is 19.8. The summed E-state index contributed by atoms with van der Waals surface area (Å²) >= 11 is 0. The summed E-state index contributed by atoms with van der Waals surface area (Å²) in [5.41, 5.74) is 0. The fraction of sp³-hybridized carbons (Fsp3) is 1.00. The Labute approximate surface area is 65.9 Å². The molecule has 0 spiro atoms. The molecule has 3 heteroatoms. The van der Waals surface area contributed by atoms with Gasteiger partial charge in [0.15, 0.2) is 0 Å². The zero-order valence-electron chi connectivity index (χ0n) is 7.11. The van der Waals surface area contributed by atoms with Crippen molar-refractivity contribution in [3.63, 3.8) is 0 Å². The third kappa shape index (κ3) is 5.11. The molecule has 0 aromatic heterocycles. The maximum absolute atomic E-state index is 2.35. The fourth-order valence-electron chi connectivity index (χ4n) is 1.37. The van der Waals surface area contributed by atoms with Gasteiger partial charge in [-0.05, 0) is 18.3 Å². The van der Waals surface area contributed by atoms with Crippen molar-refractivity contribution in [2.24, 2.45) is 0 Å². The van der Waals surface area contributed by atoms with Crippen LogP contribution in [0.15, 0.2) is 0 Å². The molecule has 0 aromatic carbocycles. The first kappa shape index (κ1) is 9.65. The summed E-state index contributed by atoms with van der Waals surface area (Å²) in [5.74, 6) is 0. The van der Waals surface area contributed by atoms with Crippen LogP contribution in [0.5, 0.6) is 0 Å². The zero-order valence-corrected chi connectivity index (χ0v) is 11.7. The second-order valence-electron chi connectivity index (χ2n) is 2.85. The lowest BCUT2D eigenvalue weighted by Crippen LogP contribution is -2.21. The van der Waals surface area contributed by atoms with E-state index in [1.807, 2.05) is 0 Å². The van der Waals surface area contributed by atoms with Crippen molar-refractivity contribution in [2.45, 2.75) is 38.8 Å². The third-order valence-electron chi connectivity index (χ3n) is 1.97. The molecule has 0 fully saturated rings. The van der Waals surface area contributed by atoms with E-state index in [9.17, 15) is 0 Å². The molecule has 0 heterocycles. The van der Waals surface area contributed by atoms with E-state index < -0.39 is 0 Å². The van der Waals surface area contributed by atoms with Crippen molar-refractivity contribution in [3.8, 4) is 0 Å². The highest BCUT2D eigenvalue weighted by Gasteiger charge is 2.03. The van der Waals surface area contributed by atoms with Crippen LogP contribution in [0.1, 0.15) is 26.7 Å². The van der Waals surface area contributed by atoms with Crippen molar-refractivity contribution < 1.29 is 0 Å². The van der Waals surface area contributed by atoms with Gasteiger partial charge in [0, 0.05) is 8.31 Å². The Morgan fingerprint density at radius 3 is 1.89 bits per heavy atom. The van der Waals surface area contributed by atoms with Crippen LogP contribution >= 0.6 is 0 Å². The van der Waals surface area contributed by atoms with Gasteiger partial charge in [-0.3, -0.25) is 0 Å². The van der Waals surface area contributed by atoms with Crippen molar-refractivity contribution in [1.82, 2.24) is 0 Å². The fourth-order valence-corrected chi connectivity index (χ4v) is 16.4. The molecular weight excluding hydrogens is 156 g/mol. The molecule has 0 amide bonds. The molecule has 0 radical (unpaired) electrons. The van der Waals surface area contributed by atoms with E-state index in [2.05, 4.69) is 13.8 Å². The molecule has 0 aliphatic rings. The van der Waals surface area contributed by atoms with Gasteiger partial charge in [0.25, 0.3) is 0 Å². The predicted octanol–water partition coefficient (Wildman–Crippen LogP) is -0.0206. The van der Waals surface area contributed by atoms with E-state index >= 15 is 0 Å². The topological polar surface area (TPSA) is 0 Å². The summed E-state index contributed by atoms with van der Waals surface area (Å²) in [5, 5.41) is 0. The van der Waals surface area contributed by atoms with Crippen LogP contribution in [-0.4, -0.2) is 26.6 Å². The maximum Gasteiger partial charge on any atom is 0.0206 e. The Hall–Kier alpha value is 0.651. The lowest BCUT2D eigenvalue weighted by Gasteiger charge is -2.08. The predicted molar refractivity (Wildman–Crippen MR) is 55.8 cm³/mol. The van der Waals surface area contributed by atoms with Crippen molar-refractivity contribution in [2.75, 3.05) is 0 Å². The molecule has 0 saturated carbocycles. The highest BCUT2D eigenvalue weighted by atomic mass is 29.5. The molecule has 0 N–H and O–H groups in total. The Morgan fingerprint density at radius 1 is 1.22 bits per heavy atom.